The molecule has 0 aromatic heterocycles. The smallest absolute Gasteiger partial charge is 0.373 e. The Kier molecular flexibility index (Phi) is 4.38. The number of rotatable bonds is 6. The highest BCUT2D eigenvalue weighted by atomic mass is 16.6. The molecule has 5 heteroatoms. The van der Waals surface area contributed by atoms with Crippen LogP contribution in [0.1, 0.15) is 27.7 Å². The number of allylic oxidation sites excluding steroid dienone is 1. The largest absolute Gasteiger partial charge is 0.487 e. The first-order valence-corrected chi connectivity index (χ1v) is 6.10. The van der Waals surface area contributed by atoms with Crippen molar-refractivity contribution < 1.29 is 24.2 Å². The van der Waals surface area contributed by atoms with Gasteiger partial charge in [-0.15, -0.1) is 0 Å². The van der Waals surface area contributed by atoms with Gasteiger partial charge in [0.1, 0.15) is 0 Å². The van der Waals surface area contributed by atoms with E-state index in [4.69, 9.17) is 14.6 Å². The summed E-state index contributed by atoms with van der Waals surface area (Å²) in [7, 11) is 0. The lowest BCUT2D eigenvalue weighted by Crippen LogP contribution is -2.11. The molecule has 0 aliphatic heterocycles. The van der Waals surface area contributed by atoms with Crippen LogP contribution in [0.25, 0.3) is 0 Å². The molecular weight excluding hydrogens is 236 g/mol. The fourth-order valence-electron chi connectivity index (χ4n) is 2.16. The standard InChI is InChI=1S/C13H20O5/c1-5-17-9(12(16)18-6-2)7-8-10(11(14)15)13(8,3)4/h7-8,10H,5-6H2,1-4H3,(H,14,15). The van der Waals surface area contributed by atoms with Crippen LogP contribution in [0.5, 0.6) is 0 Å². The molecule has 1 fully saturated rings. The van der Waals surface area contributed by atoms with Crippen LogP contribution in [0.15, 0.2) is 11.8 Å². The lowest BCUT2D eigenvalue weighted by atomic mass is 10.1. The molecular formula is C13H20O5. The second kappa shape index (κ2) is 5.42. The Bertz CT molecular complexity index is 370. The van der Waals surface area contributed by atoms with Gasteiger partial charge in [0.05, 0.1) is 19.1 Å². The molecule has 2 atom stereocenters. The molecule has 0 heterocycles. The van der Waals surface area contributed by atoms with Crippen molar-refractivity contribution in [2.45, 2.75) is 27.7 Å². The molecule has 1 N–H and O–H groups in total. The zero-order valence-electron chi connectivity index (χ0n) is 11.2. The predicted octanol–water partition coefficient (Wildman–Crippen LogP) is 1.83. The Labute approximate surface area is 107 Å². The fraction of sp³-hybridized carbons (Fsp3) is 0.692. The van der Waals surface area contributed by atoms with E-state index >= 15 is 0 Å². The first-order valence-electron chi connectivity index (χ1n) is 6.10. The monoisotopic (exact) mass is 256 g/mol. The maximum Gasteiger partial charge on any atom is 0.373 e. The molecule has 1 aliphatic carbocycles. The van der Waals surface area contributed by atoms with Crippen LogP contribution in [-0.4, -0.2) is 30.3 Å². The normalized spacial score (nSPS) is 25.4. The molecule has 0 aromatic rings. The van der Waals surface area contributed by atoms with Gasteiger partial charge < -0.3 is 14.6 Å². The van der Waals surface area contributed by atoms with Gasteiger partial charge in [-0.3, -0.25) is 4.79 Å². The second-order valence-electron chi connectivity index (χ2n) is 4.85. The second-order valence-corrected chi connectivity index (χ2v) is 4.85. The number of aliphatic carboxylic acids is 1. The summed E-state index contributed by atoms with van der Waals surface area (Å²) in [4.78, 5) is 22.7. The van der Waals surface area contributed by atoms with Crippen molar-refractivity contribution in [2.24, 2.45) is 17.3 Å². The van der Waals surface area contributed by atoms with E-state index in [1.807, 2.05) is 13.8 Å². The third-order valence-electron chi connectivity index (χ3n) is 3.28. The van der Waals surface area contributed by atoms with Crippen LogP contribution in [0.2, 0.25) is 0 Å². The number of carbonyl (C=O) groups is 2. The van der Waals surface area contributed by atoms with Gasteiger partial charge in [0.25, 0.3) is 0 Å². The number of esters is 1. The summed E-state index contributed by atoms with van der Waals surface area (Å²) in [6.45, 7) is 7.81. The quantitative estimate of drug-likeness (QED) is 0.446. The van der Waals surface area contributed by atoms with Crippen LogP contribution in [0.4, 0.5) is 0 Å². The van der Waals surface area contributed by atoms with Crippen molar-refractivity contribution in [2.75, 3.05) is 13.2 Å². The van der Waals surface area contributed by atoms with Crippen molar-refractivity contribution in [1.29, 1.82) is 0 Å². The zero-order valence-corrected chi connectivity index (χ0v) is 11.2. The van der Waals surface area contributed by atoms with Crippen LogP contribution in [0.3, 0.4) is 0 Å². The summed E-state index contributed by atoms with van der Waals surface area (Å²) in [6, 6.07) is 0. The van der Waals surface area contributed by atoms with Gasteiger partial charge in [0, 0.05) is 5.92 Å². The number of carboxylic acids is 1. The number of carbonyl (C=O) groups excluding carboxylic acids is 1. The summed E-state index contributed by atoms with van der Waals surface area (Å²) in [5.74, 6) is -1.93. The van der Waals surface area contributed by atoms with Gasteiger partial charge in [-0.05, 0) is 25.3 Å². The zero-order chi connectivity index (χ0) is 13.9. The molecule has 0 amide bonds. The molecule has 0 spiro atoms. The summed E-state index contributed by atoms with van der Waals surface area (Å²) in [5, 5.41) is 9.06. The summed E-state index contributed by atoms with van der Waals surface area (Å²) < 4.78 is 10.1. The average Bonchev–Trinajstić information content (AvgIpc) is 2.80. The number of hydrogen-bond donors (Lipinski definition) is 1. The van der Waals surface area contributed by atoms with Crippen molar-refractivity contribution in [3.8, 4) is 0 Å². The van der Waals surface area contributed by atoms with Crippen molar-refractivity contribution in [3.05, 3.63) is 11.8 Å². The Morgan fingerprint density at radius 2 is 1.78 bits per heavy atom. The van der Waals surface area contributed by atoms with Gasteiger partial charge >= 0.3 is 11.9 Å². The molecule has 0 bridgehead atoms. The first-order chi connectivity index (χ1) is 8.36. The van der Waals surface area contributed by atoms with E-state index in [1.54, 1.807) is 19.9 Å². The van der Waals surface area contributed by atoms with E-state index in [9.17, 15) is 9.59 Å². The average molecular weight is 256 g/mol. The minimum atomic E-state index is -0.846. The first kappa shape index (κ1) is 14.5. The summed E-state index contributed by atoms with van der Waals surface area (Å²) in [5.41, 5.74) is -0.347. The van der Waals surface area contributed by atoms with Gasteiger partial charge in [-0.25, -0.2) is 4.79 Å². The Hall–Kier alpha value is -1.52. The topological polar surface area (TPSA) is 72.8 Å². The third kappa shape index (κ3) is 2.83. The molecule has 5 nitrogen and oxygen atoms in total. The lowest BCUT2D eigenvalue weighted by Gasteiger charge is -2.07. The van der Waals surface area contributed by atoms with Crippen LogP contribution >= 0.6 is 0 Å². The van der Waals surface area contributed by atoms with E-state index in [-0.39, 0.29) is 23.7 Å². The Morgan fingerprint density at radius 1 is 1.22 bits per heavy atom. The van der Waals surface area contributed by atoms with E-state index in [2.05, 4.69) is 0 Å². The molecule has 1 rings (SSSR count). The summed E-state index contributed by atoms with van der Waals surface area (Å²) >= 11 is 0. The predicted molar refractivity (Wildman–Crippen MR) is 64.7 cm³/mol. The molecule has 0 saturated heterocycles. The highest BCUT2D eigenvalue weighted by Crippen LogP contribution is 2.59. The summed E-state index contributed by atoms with van der Waals surface area (Å²) in [6.07, 6.45) is 1.58. The van der Waals surface area contributed by atoms with Crippen molar-refractivity contribution >= 4 is 11.9 Å². The fourth-order valence-corrected chi connectivity index (χ4v) is 2.16. The van der Waals surface area contributed by atoms with Gasteiger partial charge in [-0.1, -0.05) is 13.8 Å². The van der Waals surface area contributed by atoms with Crippen LogP contribution < -0.4 is 0 Å². The van der Waals surface area contributed by atoms with Gasteiger partial charge in [-0.2, -0.15) is 0 Å². The van der Waals surface area contributed by atoms with Crippen LogP contribution in [-0.2, 0) is 19.1 Å². The highest BCUT2D eigenvalue weighted by Gasteiger charge is 2.61. The van der Waals surface area contributed by atoms with E-state index in [0.29, 0.717) is 6.61 Å². The lowest BCUT2D eigenvalue weighted by molar-refractivity contribution is -0.143. The molecule has 1 saturated carbocycles. The third-order valence-corrected chi connectivity index (χ3v) is 3.28. The SMILES string of the molecule is CCOC(=O)C(=CC1C(C(=O)O)C1(C)C)OCC. The van der Waals surface area contributed by atoms with E-state index in [1.165, 1.54) is 0 Å². The minimum Gasteiger partial charge on any atom is -0.487 e. The van der Waals surface area contributed by atoms with Crippen molar-refractivity contribution in [1.82, 2.24) is 0 Å². The number of carboxylic acid groups (broad SMARTS) is 1. The number of hydrogen-bond acceptors (Lipinski definition) is 4. The van der Waals surface area contributed by atoms with E-state index in [0.717, 1.165) is 0 Å². The molecule has 18 heavy (non-hydrogen) atoms. The molecule has 0 aromatic carbocycles. The van der Waals surface area contributed by atoms with Gasteiger partial charge in [0.2, 0.25) is 5.76 Å². The van der Waals surface area contributed by atoms with Gasteiger partial charge in [0.15, 0.2) is 0 Å². The Balaban J connectivity index is 2.84. The maximum absolute atomic E-state index is 11.6. The molecule has 0 radical (unpaired) electrons. The molecule has 1 aliphatic rings. The van der Waals surface area contributed by atoms with Crippen LogP contribution in [0, 0.1) is 17.3 Å². The highest BCUT2D eigenvalue weighted by molar-refractivity contribution is 5.87. The van der Waals surface area contributed by atoms with Crippen molar-refractivity contribution in [3.63, 3.8) is 0 Å². The number of ether oxygens (including phenoxy) is 2. The molecule has 2 unspecified atom stereocenters. The van der Waals surface area contributed by atoms with E-state index < -0.39 is 17.9 Å². The Morgan fingerprint density at radius 3 is 2.17 bits per heavy atom. The molecule has 102 valence electrons. The maximum atomic E-state index is 11.6. The minimum absolute atomic E-state index is 0.112.